The lowest BCUT2D eigenvalue weighted by molar-refractivity contribution is -0.388. The smallest absolute Gasteiger partial charge is 0.301 e. The van der Waals surface area contributed by atoms with Gasteiger partial charge in [-0.3, -0.25) is 10.1 Å². The third-order valence-electron chi connectivity index (χ3n) is 2.82. The molecule has 1 aromatic rings. The summed E-state index contributed by atoms with van der Waals surface area (Å²) >= 11 is 1.39. The van der Waals surface area contributed by atoms with E-state index in [1.807, 2.05) is 6.92 Å². The SMILES string of the molecule is CCNc1ccc([N+](=O)[O-])c(SCC2CCCO2)n1. The zero-order valence-corrected chi connectivity index (χ0v) is 11.6. The highest BCUT2D eigenvalue weighted by Crippen LogP contribution is 2.30. The lowest BCUT2D eigenvalue weighted by Crippen LogP contribution is -2.09. The molecular formula is C12H17N3O3S. The fraction of sp³-hybridized carbons (Fsp3) is 0.583. The summed E-state index contributed by atoms with van der Waals surface area (Å²) in [5.74, 6) is 1.38. The van der Waals surface area contributed by atoms with Gasteiger partial charge in [0.05, 0.1) is 11.0 Å². The van der Waals surface area contributed by atoms with Crippen LogP contribution in [-0.2, 0) is 4.74 Å². The minimum atomic E-state index is -0.388. The molecule has 1 fully saturated rings. The topological polar surface area (TPSA) is 77.3 Å². The van der Waals surface area contributed by atoms with E-state index in [-0.39, 0.29) is 16.7 Å². The molecule has 7 heteroatoms. The van der Waals surface area contributed by atoms with E-state index < -0.39 is 0 Å². The molecule has 1 saturated heterocycles. The summed E-state index contributed by atoms with van der Waals surface area (Å²) in [6, 6.07) is 3.14. The standard InChI is InChI=1S/C12H17N3O3S/c1-2-13-11-6-5-10(15(16)17)12(14-11)19-8-9-4-3-7-18-9/h5-6,9H,2-4,7-8H2,1H3,(H,13,14). The molecule has 2 rings (SSSR count). The van der Waals surface area contributed by atoms with E-state index >= 15 is 0 Å². The summed E-state index contributed by atoms with van der Waals surface area (Å²) < 4.78 is 5.52. The van der Waals surface area contributed by atoms with Crippen LogP contribution in [0.4, 0.5) is 11.5 Å². The highest BCUT2D eigenvalue weighted by molar-refractivity contribution is 7.99. The van der Waals surface area contributed by atoms with Crippen LogP contribution in [0.5, 0.6) is 0 Å². The van der Waals surface area contributed by atoms with Gasteiger partial charge in [0, 0.05) is 25.0 Å². The predicted molar refractivity (Wildman–Crippen MR) is 74.8 cm³/mol. The van der Waals surface area contributed by atoms with Crippen LogP contribution in [0.3, 0.4) is 0 Å². The van der Waals surface area contributed by atoms with Crippen molar-refractivity contribution in [1.29, 1.82) is 0 Å². The number of thioether (sulfide) groups is 1. The van der Waals surface area contributed by atoms with Gasteiger partial charge in [-0.25, -0.2) is 4.98 Å². The van der Waals surface area contributed by atoms with Crippen molar-refractivity contribution in [2.75, 3.05) is 24.2 Å². The molecule has 0 aromatic carbocycles. The Balaban J connectivity index is 2.09. The van der Waals surface area contributed by atoms with Crippen LogP contribution >= 0.6 is 11.8 Å². The van der Waals surface area contributed by atoms with Gasteiger partial charge in [0.15, 0.2) is 5.03 Å². The molecule has 0 amide bonds. The zero-order chi connectivity index (χ0) is 13.7. The number of ether oxygens (including phenoxy) is 1. The molecule has 1 atom stereocenters. The van der Waals surface area contributed by atoms with E-state index in [9.17, 15) is 10.1 Å². The molecule has 1 N–H and O–H groups in total. The van der Waals surface area contributed by atoms with Crippen LogP contribution in [0.25, 0.3) is 0 Å². The van der Waals surface area contributed by atoms with Crippen molar-refractivity contribution < 1.29 is 9.66 Å². The Morgan fingerprint density at radius 1 is 1.63 bits per heavy atom. The molecular weight excluding hydrogens is 266 g/mol. The third-order valence-corrected chi connectivity index (χ3v) is 3.94. The summed E-state index contributed by atoms with van der Waals surface area (Å²) in [4.78, 5) is 14.9. The van der Waals surface area contributed by atoms with E-state index in [1.54, 1.807) is 6.07 Å². The summed E-state index contributed by atoms with van der Waals surface area (Å²) in [6.45, 7) is 3.49. The van der Waals surface area contributed by atoms with Crippen molar-refractivity contribution in [2.24, 2.45) is 0 Å². The van der Waals surface area contributed by atoms with Gasteiger partial charge in [0.25, 0.3) is 0 Å². The van der Waals surface area contributed by atoms with Crippen molar-refractivity contribution in [3.05, 3.63) is 22.2 Å². The van der Waals surface area contributed by atoms with Gasteiger partial charge in [-0.05, 0) is 25.8 Å². The van der Waals surface area contributed by atoms with Crippen LogP contribution in [0.2, 0.25) is 0 Å². The fourth-order valence-corrected chi connectivity index (χ4v) is 2.97. The highest BCUT2D eigenvalue weighted by Gasteiger charge is 2.21. The molecule has 0 bridgehead atoms. The van der Waals surface area contributed by atoms with Crippen molar-refractivity contribution in [1.82, 2.24) is 4.98 Å². The van der Waals surface area contributed by atoms with Crippen LogP contribution < -0.4 is 5.32 Å². The first-order valence-electron chi connectivity index (χ1n) is 6.34. The zero-order valence-electron chi connectivity index (χ0n) is 10.8. The van der Waals surface area contributed by atoms with Crippen LogP contribution in [0, 0.1) is 10.1 Å². The summed E-state index contributed by atoms with van der Waals surface area (Å²) in [6.07, 6.45) is 2.28. The normalized spacial score (nSPS) is 18.5. The minimum absolute atomic E-state index is 0.0599. The Hall–Kier alpha value is -1.34. The maximum atomic E-state index is 11.0. The minimum Gasteiger partial charge on any atom is -0.377 e. The fourth-order valence-electron chi connectivity index (χ4n) is 1.91. The molecule has 1 aliphatic heterocycles. The van der Waals surface area contributed by atoms with Gasteiger partial charge in [-0.1, -0.05) is 11.8 Å². The van der Waals surface area contributed by atoms with E-state index in [0.717, 1.165) is 26.0 Å². The number of nitro groups is 1. The van der Waals surface area contributed by atoms with Gasteiger partial charge in [0.2, 0.25) is 0 Å². The first kappa shape index (κ1) is 14.1. The molecule has 6 nitrogen and oxygen atoms in total. The number of anilines is 1. The van der Waals surface area contributed by atoms with Crippen LogP contribution in [0.15, 0.2) is 17.2 Å². The molecule has 0 spiro atoms. The van der Waals surface area contributed by atoms with Crippen molar-refractivity contribution in [3.8, 4) is 0 Å². The molecule has 1 aromatic heterocycles. The number of nitrogens with zero attached hydrogens (tertiary/aromatic N) is 2. The van der Waals surface area contributed by atoms with Crippen molar-refractivity contribution in [3.63, 3.8) is 0 Å². The Kier molecular flexibility index (Phi) is 4.98. The van der Waals surface area contributed by atoms with Gasteiger partial charge in [0.1, 0.15) is 5.82 Å². The predicted octanol–water partition coefficient (Wildman–Crippen LogP) is 2.69. The molecule has 2 heterocycles. The first-order valence-corrected chi connectivity index (χ1v) is 7.33. The lowest BCUT2D eigenvalue weighted by Gasteiger charge is -2.09. The molecule has 0 saturated carbocycles. The number of pyridine rings is 1. The molecule has 0 radical (unpaired) electrons. The van der Waals surface area contributed by atoms with Crippen LogP contribution in [0.1, 0.15) is 19.8 Å². The molecule has 1 unspecified atom stereocenters. The van der Waals surface area contributed by atoms with Gasteiger partial charge in [-0.15, -0.1) is 0 Å². The van der Waals surface area contributed by atoms with Crippen molar-refractivity contribution in [2.45, 2.75) is 30.9 Å². The molecule has 0 aliphatic carbocycles. The number of hydrogen-bond donors (Lipinski definition) is 1. The average Bonchev–Trinajstić information content (AvgIpc) is 2.89. The second-order valence-electron chi connectivity index (χ2n) is 4.25. The number of aromatic nitrogens is 1. The Morgan fingerprint density at radius 3 is 3.11 bits per heavy atom. The maximum Gasteiger partial charge on any atom is 0.301 e. The second kappa shape index (κ2) is 6.72. The van der Waals surface area contributed by atoms with E-state index in [2.05, 4.69) is 10.3 Å². The molecule has 19 heavy (non-hydrogen) atoms. The maximum absolute atomic E-state index is 11.0. The second-order valence-corrected chi connectivity index (χ2v) is 5.26. The Bertz CT molecular complexity index is 450. The number of hydrogen-bond acceptors (Lipinski definition) is 6. The van der Waals surface area contributed by atoms with Crippen LogP contribution in [-0.4, -0.2) is 34.9 Å². The first-order chi connectivity index (χ1) is 9.20. The lowest BCUT2D eigenvalue weighted by atomic mass is 10.3. The molecule has 1 aliphatic rings. The van der Waals surface area contributed by atoms with Gasteiger partial charge in [-0.2, -0.15) is 0 Å². The Labute approximate surface area is 116 Å². The Morgan fingerprint density at radius 2 is 2.47 bits per heavy atom. The monoisotopic (exact) mass is 283 g/mol. The third kappa shape index (κ3) is 3.81. The van der Waals surface area contributed by atoms with E-state index in [4.69, 9.17) is 4.74 Å². The number of nitrogens with one attached hydrogen (secondary N) is 1. The summed E-state index contributed by atoms with van der Waals surface area (Å²) in [5.41, 5.74) is 0.0599. The summed E-state index contributed by atoms with van der Waals surface area (Å²) in [5, 5.41) is 14.5. The molecule has 104 valence electrons. The van der Waals surface area contributed by atoms with E-state index in [1.165, 1.54) is 17.8 Å². The average molecular weight is 283 g/mol. The largest absolute Gasteiger partial charge is 0.377 e. The highest BCUT2D eigenvalue weighted by atomic mass is 32.2. The number of rotatable bonds is 6. The van der Waals surface area contributed by atoms with Crippen molar-refractivity contribution >= 4 is 23.3 Å². The van der Waals surface area contributed by atoms with E-state index in [0.29, 0.717) is 16.6 Å². The van der Waals surface area contributed by atoms with Gasteiger partial charge < -0.3 is 10.1 Å². The summed E-state index contributed by atoms with van der Waals surface area (Å²) in [7, 11) is 0. The quantitative estimate of drug-likeness (QED) is 0.491. The van der Waals surface area contributed by atoms with Gasteiger partial charge >= 0.3 is 5.69 Å².